The number of aliphatic hydroxyl groups is 1. The van der Waals surface area contributed by atoms with Gasteiger partial charge in [0.2, 0.25) is 0 Å². The van der Waals surface area contributed by atoms with Crippen LogP contribution in [-0.2, 0) is 5.60 Å². The first-order chi connectivity index (χ1) is 9.08. The maximum absolute atomic E-state index is 13.5. The van der Waals surface area contributed by atoms with Crippen LogP contribution >= 0.6 is 0 Å². The Bertz CT molecular complexity index is 550. The Labute approximate surface area is 113 Å². The smallest absolute Gasteiger partial charge is 0.123 e. The Balaban J connectivity index is 2.59. The lowest BCUT2D eigenvalue weighted by Gasteiger charge is -2.30. The first kappa shape index (κ1) is 13.8. The van der Waals surface area contributed by atoms with E-state index in [0.29, 0.717) is 12.0 Å². The van der Waals surface area contributed by atoms with Gasteiger partial charge in [0.1, 0.15) is 11.4 Å². The summed E-state index contributed by atoms with van der Waals surface area (Å²) in [6, 6.07) is 14.1. The molecule has 19 heavy (non-hydrogen) atoms. The van der Waals surface area contributed by atoms with Crippen LogP contribution in [0.4, 0.5) is 4.39 Å². The molecule has 0 radical (unpaired) electrons. The van der Waals surface area contributed by atoms with E-state index in [-0.39, 0.29) is 5.82 Å². The van der Waals surface area contributed by atoms with E-state index in [9.17, 15) is 9.50 Å². The quantitative estimate of drug-likeness (QED) is 0.872. The monoisotopic (exact) mass is 258 g/mol. The second-order valence-electron chi connectivity index (χ2n) is 4.94. The summed E-state index contributed by atoms with van der Waals surface area (Å²) < 4.78 is 13.5. The van der Waals surface area contributed by atoms with E-state index < -0.39 is 5.60 Å². The third-order valence-corrected chi connectivity index (χ3v) is 3.51. The van der Waals surface area contributed by atoms with Crippen molar-refractivity contribution in [2.24, 2.45) is 0 Å². The van der Waals surface area contributed by atoms with Crippen molar-refractivity contribution in [3.05, 3.63) is 71.0 Å². The molecule has 0 heterocycles. The highest BCUT2D eigenvalue weighted by Crippen LogP contribution is 2.36. The molecule has 0 aliphatic heterocycles. The molecule has 100 valence electrons. The van der Waals surface area contributed by atoms with Gasteiger partial charge in [-0.25, -0.2) is 4.39 Å². The highest BCUT2D eigenvalue weighted by molar-refractivity contribution is 5.40. The minimum Gasteiger partial charge on any atom is -0.380 e. The molecule has 1 N–H and O–H groups in total. The number of hydrogen-bond acceptors (Lipinski definition) is 1. The minimum atomic E-state index is -1.12. The summed E-state index contributed by atoms with van der Waals surface area (Å²) in [6.45, 7) is 3.92. The van der Waals surface area contributed by atoms with Crippen molar-refractivity contribution in [3.8, 4) is 0 Å². The minimum absolute atomic E-state index is 0.314. The number of aryl methyl sites for hydroxylation is 1. The fourth-order valence-electron chi connectivity index (χ4n) is 2.55. The van der Waals surface area contributed by atoms with Crippen molar-refractivity contribution in [3.63, 3.8) is 0 Å². The molecule has 2 heteroatoms. The van der Waals surface area contributed by atoms with Gasteiger partial charge in [-0.15, -0.1) is 0 Å². The van der Waals surface area contributed by atoms with Crippen molar-refractivity contribution >= 4 is 0 Å². The number of benzene rings is 2. The van der Waals surface area contributed by atoms with Gasteiger partial charge < -0.3 is 5.11 Å². The third-order valence-electron chi connectivity index (χ3n) is 3.51. The van der Waals surface area contributed by atoms with Gasteiger partial charge in [-0.05, 0) is 42.2 Å². The lowest BCUT2D eigenvalue weighted by atomic mass is 9.81. The van der Waals surface area contributed by atoms with Crippen LogP contribution in [-0.4, -0.2) is 5.11 Å². The molecule has 0 bridgehead atoms. The van der Waals surface area contributed by atoms with Crippen LogP contribution in [0.3, 0.4) is 0 Å². The summed E-state index contributed by atoms with van der Waals surface area (Å²) in [5.74, 6) is -0.314. The summed E-state index contributed by atoms with van der Waals surface area (Å²) in [6.07, 6.45) is 1.39. The maximum Gasteiger partial charge on any atom is 0.123 e. The van der Waals surface area contributed by atoms with Crippen molar-refractivity contribution in [1.82, 2.24) is 0 Å². The van der Waals surface area contributed by atoms with Crippen molar-refractivity contribution in [2.75, 3.05) is 0 Å². The second-order valence-corrected chi connectivity index (χ2v) is 4.94. The SMILES string of the molecule is CCCC(O)(c1ccccc1)c1cc(F)ccc1C. The molecule has 2 rings (SSSR count). The fraction of sp³-hybridized carbons (Fsp3) is 0.294. The molecule has 1 unspecified atom stereocenters. The van der Waals surface area contributed by atoms with Gasteiger partial charge in [0.25, 0.3) is 0 Å². The molecule has 1 atom stereocenters. The summed E-state index contributed by atoms with van der Waals surface area (Å²) in [5.41, 5.74) is 1.25. The molecule has 0 aromatic heterocycles. The van der Waals surface area contributed by atoms with E-state index in [1.807, 2.05) is 44.2 Å². The van der Waals surface area contributed by atoms with Crippen molar-refractivity contribution < 1.29 is 9.50 Å². The first-order valence-corrected chi connectivity index (χ1v) is 6.62. The normalized spacial score (nSPS) is 14.1. The van der Waals surface area contributed by atoms with Gasteiger partial charge in [-0.1, -0.05) is 49.7 Å². The Morgan fingerprint density at radius 3 is 2.42 bits per heavy atom. The standard InChI is InChI=1S/C17H19FO/c1-3-11-17(19,14-7-5-4-6-8-14)16-12-15(18)10-9-13(16)2/h4-10,12,19H,3,11H2,1-2H3. The van der Waals surface area contributed by atoms with Crippen LogP contribution in [0.2, 0.25) is 0 Å². The average Bonchev–Trinajstić information content (AvgIpc) is 2.42. The third kappa shape index (κ3) is 2.69. The van der Waals surface area contributed by atoms with Gasteiger partial charge in [0.15, 0.2) is 0 Å². The van der Waals surface area contributed by atoms with Gasteiger partial charge in [-0.3, -0.25) is 0 Å². The maximum atomic E-state index is 13.5. The zero-order valence-corrected chi connectivity index (χ0v) is 11.4. The van der Waals surface area contributed by atoms with E-state index in [0.717, 1.165) is 17.5 Å². The van der Waals surface area contributed by atoms with Crippen LogP contribution in [0.5, 0.6) is 0 Å². The van der Waals surface area contributed by atoms with Crippen LogP contribution in [0.1, 0.15) is 36.5 Å². The van der Waals surface area contributed by atoms with Crippen molar-refractivity contribution in [2.45, 2.75) is 32.3 Å². The van der Waals surface area contributed by atoms with Gasteiger partial charge in [-0.2, -0.15) is 0 Å². The molecular formula is C17H19FO. The molecule has 0 aliphatic carbocycles. The molecule has 2 aromatic rings. The molecule has 0 amide bonds. The summed E-state index contributed by atoms with van der Waals surface area (Å²) in [5, 5.41) is 11.1. The molecule has 0 saturated carbocycles. The van der Waals surface area contributed by atoms with Gasteiger partial charge >= 0.3 is 0 Å². The molecule has 1 nitrogen and oxygen atoms in total. The van der Waals surface area contributed by atoms with E-state index in [1.165, 1.54) is 12.1 Å². The zero-order chi connectivity index (χ0) is 13.9. The molecule has 0 aliphatic rings. The Morgan fingerprint density at radius 1 is 1.11 bits per heavy atom. The van der Waals surface area contributed by atoms with Crippen LogP contribution in [0, 0.1) is 12.7 Å². The zero-order valence-electron chi connectivity index (χ0n) is 11.4. The Morgan fingerprint density at radius 2 is 1.79 bits per heavy atom. The van der Waals surface area contributed by atoms with Crippen LogP contribution in [0.15, 0.2) is 48.5 Å². The Kier molecular flexibility index (Phi) is 4.01. The average molecular weight is 258 g/mol. The van der Waals surface area contributed by atoms with Gasteiger partial charge in [0.05, 0.1) is 0 Å². The number of rotatable bonds is 4. The first-order valence-electron chi connectivity index (χ1n) is 6.62. The largest absolute Gasteiger partial charge is 0.380 e. The molecule has 2 aromatic carbocycles. The topological polar surface area (TPSA) is 20.2 Å². The molecular weight excluding hydrogens is 239 g/mol. The number of hydrogen-bond donors (Lipinski definition) is 1. The van der Waals surface area contributed by atoms with E-state index in [2.05, 4.69) is 0 Å². The van der Waals surface area contributed by atoms with E-state index in [1.54, 1.807) is 6.07 Å². The highest BCUT2D eigenvalue weighted by atomic mass is 19.1. The molecule has 0 spiro atoms. The van der Waals surface area contributed by atoms with Crippen molar-refractivity contribution in [1.29, 1.82) is 0 Å². The predicted octanol–water partition coefficient (Wildman–Crippen LogP) is 4.17. The molecule has 0 saturated heterocycles. The second kappa shape index (κ2) is 5.54. The summed E-state index contributed by atoms with van der Waals surface area (Å²) in [7, 11) is 0. The fourth-order valence-corrected chi connectivity index (χ4v) is 2.55. The predicted molar refractivity (Wildman–Crippen MR) is 75.5 cm³/mol. The van der Waals surface area contributed by atoms with Crippen LogP contribution in [0.25, 0.3) is 0 Å². The number of halogens is 1. The lowest BCUT2D eigenvalue weighted by molar-refractivity contribution is 0.0692. The van der Waals surface area contributed by atoms with E-state index >= 15 is 0 Å². The Hall–Kier alpha value is -1.67. The highest BCUT2D eigenvalue weighted by Gasteiger charge is 2.32. The van der Waals surface area contributed by atoms with Gasteiger partial charge in [0, 0.05) is 0 Å². The summed E-state index contributed by atoms with van der Waals surface area (Å²) in [4.78, 5) is 0. The van der Waals surface area contributed by atoms with Crippen LogP contribution < -0.4 is 0 Å². The summed E-state index contributed by atoms with van der Waals surface area (Å²) >= 11 is 0. The lowest BCUT2D eigenvalue weighted by Crippen LogP contribution is -2.28. The molecule has 0 fully saturated rings. The van der Waals surface area contributed by atoms with E-state index in [4.69, 9.17) is 0 Å².